The zero-order valence-electron chi connectivity index (χ0n) is 14.2. The second kappa shape index (κ2) is 8.08. The predicted molar refractivity (Wildman–Crippen MR) is 93.4 cm³/mol. The van der Waals surface area contributed by atoms with E-state index < -0.39 is 0 Å². The Morgan fingerprint density at radius 1 is 1.29 bits per heavy atom. The van der Waals surface area contributed by atoms with Gasteiger partial charge in [0.05, 0.1) is 12.3 Å². The molecule has 6 nitrogen and oxygen atoms in total. The number of hydrogen-bond acceptors (Lipinski definition) is 6. The third-order valence-corrected chi connectivity index (χ3v) is 4.01. The van der Waals surface area contributed by atoms with E-state index in [0.29, 0.717) is 13.2 Å². The maximum atomic E-state index is 5.91. The first-order valence-corrected chi connectivity index (χ1v) is 8.30. The van der Waals surface area contributed by atoms with Crippen LogP contribution in [0.1, 0.15) is 17.6 Å². The molecule has 1 aromatic heterocycles. The van der Waals surface area contributed by atoms with Crippen LogP contribution in [0, 0.1) is 6.92 Å². The molecule has 0 aliphatic carbocycles. The van der Waals surface area contributed by atoms with Gasteiger partial charge in [-0.25, -0.2) is 9.97 Å². The molecular weight excluding hydrogens is 304 g/mol. The molecule has 1 aliphatic heterocycles. The molecule has 24 heavy (non-hydrogen) atoms. The lowest BCUT2D eigenvalue weighted by Gasteiger charge is -2.32. The van der Waals surface area contributed by atoms with Gasteiger partial charge in [-0.3, -0.25) is 4.90 Å². The molecule has 6 heteroatoms. The lowest BCUT2D eigenvalue weighted by atomic mass is 10.2. The van der Waals surface area contributed by atoms with E-state index in [1.54, 1.807) is 0 Å². The molecule has 0 unspecified atom stereocenters. The highest BCUT2D eigenvalue weighted by Crippen LogP contribution is 2.22. The summed E-state index contributed by atoms with van der Waals surface area (Å²) in [5.74, 6) is 2.49. The van der Waals surface area contributed by atoms with Crippen LogP contribution in [-0.4, -0.2) is 54.8 Å². The average Bonchev–Trinajstić information content (AvgIpc) is 2.62. The number of aryl methyl sites for hydroxylation is 1. The zero-order valence-corrected chi connectivity index (χ0v) is 14.2. The Balaban J connectivity index is 1.55. The second-order valence-electron chi connectivity index (χ2n) is 5.80. The van der Waals surface area contributed by atoms with Crippen molar-refractivity contribution in [1.82, 2.24) is 14.9 Å². The van der Waals surface area contributed by atoms with Crippen LogP contribution in [0.4, 0.5) is 5.82 Å². The van der Waals surface area contributed by atoms with E-state index in [2.05, 4.69) is 20.2 Å². The highest BCUT2D eigenvalue weighted by atomic mass is 16.5. The Labute approximate surface area is 142 Å². The fourth-order valence-electron chi connectivity index (χ4n) is 2.78. The molecule has 1 fully saturated rings. The molecule has 0 spiro atoms. The van der Waals surface area contributed by atoms with E-state index in [-0.39, 0.29) is 6.10 Å². The highest BCUT2D eigenvalue weighted by Gasteiger charge is 2.23. The van der Waals surface area contributed by atoms with Gasteiger partial charge in [0.15, 0.2) is 0 Å². The molecule has 2 heterocycles. The first kappa shape index (κ1) is 16.7. The summed E-state index contributed by atoms with van der Waals surface area (Å²) < 4.78 is 11.7. The van der Waals surface area contributed by atoms with Gasteiger partial charge in [0.1, 0.15) is 30.1 Å². The van der Waals surface area contributed by atoms with Crippen LogP contribution in [0.25, 0.3) is 0 Å². The molecule has 1 atom stereocenters. The van der Waals surface area contributed by atoms with Crippen molar-refractivity contribution < 1.29 is 9.47 Å². The maximum absolute atomic E-state index is 5.91. The minimum absolute atomic E-state index is 0.0238. The van der Waals surface area contributed by atoms with Crippen LogP contribution < -0.4 is 10.1 Å². The number of aromatic nitrogens is 2. The summed E-state index contributed by atoms with van der Waals surface area (Å²) in [6, 6.07) is 11.9. The van der Waals surface area contributed by atoms with Crippen molar-refractivity contribution in [1.29, 1.82) is 0 Å². The Hall–Kier alpha value is -2.18. The SMILES string of the molecule is CNc1cc([C@H]2CN(CCOc3ccccc3)CCO2)nc(C)n1. The molecule has 2 aromatic rings. The standard InChI is InChI=1S/C18H24N4O2/c1-14-20-16(12-18(19-2)21-14)17-13-22(9-11-24-17)8-10-23-15-6-4-3-5-7-15/h3-7,12,17H,8-11,13H2,1-2H3,(H,19,20,21)/t17-/m1/s1. The number of nitrogens with zero attached hydrogens (tertiary/aromatic N) is 3. The van der Waals surface area contributed by atoms with Gasteiger partial charge in [-0.1, -0.05) is 18.2 Å². The summed E-state index contributed by atoms with van der Waals surface area (Å²) in [7, 11) is 1.86. The number of para-hydroxylation sites is 1. The van der Waals surface area contributed by atoms with Crippen molar-refractivity contribution in [2.75, 3.05) is 45.2 Å². The summed E-state index contributed by atoms with van der Waals surface area (Å²) in [4.78, 5) is 11.2. The first-order chi connectivity index (χ1) is 11.7. The third kappa shape index (κ3) is 4.43. The van der Waals surface area contributed by atoms with E-state index in [0.717, 1.165) is 42.7 Å². The molecule has 0 amide bonds. The summed E-state index contributed by atoms with van der Waals surface area (Å²) in [6.07, 6.45) is -0.0238. The molecule has 0 bridgehead atoms. The van der Waals surface area contributed by atoms with Crippen molar-refractivity contribution in [3.63, 3.8) is 0 Å². The van der Waals surface area contributed by atoms with Crippen LogP contribution in [0.2, 0.25) is 0 Å². The van der Waals surface area contributed by atoms with Crippen LogP contribution in [-0.2, 0) is 4.74 Å². The van der Waals surface area contributed by atoms with E-state index >= 15 is 0 Å². The van der Waals surface area contributed by atoms with Gasteiger partial charge in [0, 0.05) is 32.7 Å². The third-order valence-electron chi connectivity index (χ3n) is 4.01. The molecule has 1 saturated heterocycles. The van der Waals surface area contributed by atoms with Gasteiger partial charge < -0.3 is 14.8 Å². The maximum Gasteiger partial charge on any atom is 0.129 e. The van der Waals surface area contributed by atoms with Crippen LogP contribution in [0.5, 0.6) is 5.75 Å². The quantitative estimate of drug-likeness (QED) is 0.878. The second-order valence-corrected chi connectivity index (χ2v) is 5.80. The summed E-state index contributed by atoms with van der Waals surface area (Å²) in [5, 5.41) is 3.07. The molecule has 1 aromatic carbocycles. The van der Waals surface area contributed by atoms with Crippen molar-refractivity contribution in [2.45, 2.75) is 13.0 Å². The van der Waals surface area contributed by atoms with Crippen LogP contribution in [0.15, 0.2) is 36.4 Å². The van der Waals surface area contributed by atoms with Crippen LogP contribution >= 0.6 is 0 Å². The van der Waals surface area contributed by atoms with Crippen molar-refractivity contribution in [3.8, 4) is 5.75 Å². The van der Waals surface area contributed by atoms with E-state index in [9.17, 15) is 0 Å². The van der Waals surface area contributed by atoms with Crippen molar-refractivity contribution in [2.24, 2.45) is 0 Å². The first-order valence-electron chi connectivity index (χ1n) is 8.30. The number of hydrogen-bond donors (Lipinski definition) is 1. The number of nitrogens with one attached hydrogen (secondary N) is 1. The lowest BCUT2D eigenvalue weighted by molar-refractivity contribution is -0.0350. The van der Waals surface area contributed by atoms with Gasteiger partial charge in [0.2, 0.25) is 0 Å². The van der Waals surface area contributed by atoms with Crippen LogP contribution in [0.3, 0.4) is 0 Å². The Morgan fingerprint density at radius 2 is 2.12 bits per heavy atom. The Bertz CT molecular complexity index is 651. The Kier molecular flexibility index (Phi) is 5.61. The van der Waals surface area contributed by atoms with E-state index in [1.165, 1.54) is 0 Å². The smallest absolute Gasteiger partial charge is 0.129 e. The van der Waals surface area contributed by atoms with Gasteiger partial charge in [-0.2, -0.15) is 0 Å². The molecular formula is C18H24N4O2. The average molecular weight is 328 g/mol. The number of anilines is 1. The monoisotopic (exact) mass is 328 g/mol. The predicted octanol–water partition coefficient (Wildman–Crippen LogP) is 2.28. The van der Waals surface area contributed by atoms with E-state index in [4.69, 9.17) is 9.47 Å². The fourth-order valence-corrected chi connectivity index (χ4v) is 2.78. The van der Waals surface area contributed by atoms with Gasteiger partial charge >= 0.3 is 0 Å². The zero-order chi connectivity index (χ0) is 16.8. The minimum atomic E-state index is -0.0238. The molecule has 1 N–H and O–H groups in total. The summed E-state index contributed by atoms with van der Waals surface area (Å²) in [5.41, 5.74) is 0.931. The molecule has 1 aliphatic rings. The summed E-state index contributed by atoms with van der Waals surface area (Å²) >= 11 is 0. The topological polar surface area (TPSA) is 59.5 Å². The number of morpholine rings is 1. The largest absolute Gasteiger partial charge is 0.492 e. The lowest BCUT2D eigenvalue weighted by Crippen LogP contribution is -2.40. The van der Waals surface area contributed by atoms with Crippen molar-refractivity contribution in [3.05, 3.63) is 47.9 Å². The van der Waals surface area contributed by atoms with Gasteiger partial charge in [-0.15, -0.1) is 0 Å². The molecule has 0 radical (unpaired) electrons. The highest BCUT2D eigenvalue weighted by molar-refractivity contribution is 5.35. The van der Waals surface area contributed by atoms with Gasteiger partial charge in [0.25, 0.3) is 0 Å². The fraction of sp³-hybridized carbons (Fsp3) is 0.444. The minimum Gasteiger partial charge on any atom is -0.492 e. The number of benzene rings is 1. The molecule has 0 saturated carbocycles. The normalized spacial score (nSPS) is 18.3. The Morgan fingerprint density at radius 3 is 2.92 bits per heavy atom. The number of rotatable bonds is 6. The van der Waals surface area contributed by atoms with Gasteiger partial charge in [-0.05, 0) is 19.1 Å². The summed E-state index contributed by atoms with van der Waals surface area (Å²) in [6.45, 7) is 5.88. The molecule has 128 valence electrons. The van der Waals surface area contributed by atoms with Crippen molar-refractivity contribution >= 4 is 5.82 Å². The molecule has 3 rings (SSSR count). The number of ether oxygens (including phenoxy) is 2. The van der Waals surface area contributed by atoms with E-state index in [1.807, 2.05) is 50.4 Å².